The van der Waals surface area contributed by atoms with Crippen LogP contribution in [0.15, 0.2) is 34.1 Å². The first-order valence-electron chi connectivity index (χ1n) is 5.26. The van der Waals surface area contributed by atoms with E-state index in [0.29, 0.717) is 9.46 Å². The zero-order valence-electron chi connectivity index (χ0n) is 10.3. The lowest BCUT2D eigenvalue weighted by molar-refractivity contribution is 0.160. The van der Waals surface area contributed by atoms with Crippen LogP contribution in [0.3, 0.4) is 0 Å². The maximum atomic E-state index is 11.9. The van der Waals surface area contributed by atoms with Gasteiger partial charge in [-0.2, -0.15) is 9.97 Å². The van der Waals surface area contributed by atoms with E-state index in [4.69, 9.17) is 17.0 Å². The summed E-state index contributed by atoms with van der Waals surface area (Å²) >= 11 is 0. The van der Waals surface area contributed by atoms with Gasteiger partial charge in [0.15, 0.2) is 0 Å². The van der Waals surface area contributed by atoms with Gasteiger partial charge in [0, 0.05) is 12.1 Å². The molecule has 0 fully saturated rings. The topological polar surface area (TPSA) is 183 Å². The number of nitrogens with two attached hydrogens (primary N) is 3. The highest BCUT2D eigenvalue weighted by Crippen LogP contribution is 2.29. The van der Waals surface area contributed by atoms with Crippen molar-refractivity contribution in [2.45, 2.75) is 0 Å². The van der Waals surface area contributed by atoms with Crippen molar-refractivity contribution in [3.05, 3.63) is 45.5 Å². The average Bonchev–Trinajstić information content (AvgIpc) is 2.36. The second kappa shape index (κ2) is 5.26. The van der Waals surface area contributed by atoms with Gasteiger partial charge in [-0.15, -0.1) is 9.46 Å². The van der Waals surface area contributed by atoms with E-state index >= 15 is 0 Å². The molecule has 0 spiro atoms. The smallest absolute Gasteiger partial charge is 0.383 e. The minimum Gasteiger partial charge on any atom is -0.383 e. The third kappa shape index (κ3) is 3.58. The summed E-state index contributed by atoms with van der Waals surface area (Å²) in [5, 5.41) is 0. The van der Waals surface area contributed by atoms with Crippen molar-refractivity contribution in [1.82, 2.24) is 19.4 Å². The molecule has 0 saturated heterocycles. The van der Waals surface area contributed by atoms with Crippen LogP contribution in [-0.2, 0) is 4.57 Å². The Morgan fingerprint density at radius 1 is 0.952 bits per heavy atom. The van der Waals surface area contributed by atoms with E-state index in [1.165, 1.54) is 12.1 Å². The van der Waals surface area contributed by atoms with Crippen molar-refractivity contribution in [3.63, 3.8) is 0 Å². The Bertz CT molecular complexity index is 765. The molecular formula is C8H10N7O5P. The quantitative estimate of drug-likeness (QED) is 0.513. The molecule has 21 heavy (non-hydrogen) atoms. The van der Waals surface area contributed by atoms with Gasteiger partial charge in [0.25, 0.3) is 0 Å². The molecule has 2 aromatic heterocycles. The van der Waals surface area contributed by atoms with Crippen LogP contribution in [0.5, 0.6) is 0 Å². The van der Waals surface area contributed by atoms with Crippen LogP contribution in [0.1, 0.15) is 0 Å². The average molecular weight is 315 g/mol. The first-order valence-corrected chi connectivity index (χ1v) is 6.87. The molecule has 0 aliphatic carbocycles. The highest BCUT2D eigenvalue weighted by molar-refractivity contribution is 7.51. The lowest BCUT2D eigenvalue weighted by Gasteiger charge is -2.15. The zero-order valence-corrected chi connectivity index (χ0v) is 11.2. The molecule has 2 aromatic rings. The molecule has 112 valence electrons. The minimum absolute atomic E-state index is 0.0634. The maximum Gasteiger partial charge on any atom is 0.548 e. The Labute approximate surface area is 116 Å². The van der Waals surface area contributed by atoms with Gasteiger partial charge in [-0.1, -0.05) is 0 Å². The number of aromatic nitrogens is 4. The number of rotatable bonds is 4. The maximum absolute atomic E-state index is 11.9. The zero-order chi connectivity index (χ0) is 15.6. The Balaban J connectivity index is 2.24. The number of nitrogens with zero attached hydrogens (tertiary/aromatic N) is 4. The Hall–Kier alpha value is -2.85. The van der Waals surface area contributed by atoms with Gasteiger partial charge >= 0.3 is 19.1 Å². The van der Waals surface area contributed by atoms with Crippen molar-refractivity contribution in [2.75, 3.05) is 11.5 Å². The Morgan fingerprint density at radius 3 is 1.67 bits per heavy atom. The van der Waals surface area contributed by atoms with Crippen LogP contribution >= 0.6 is 7.75 Å². The molecule has 0 atom stereocenters. The van der Waals surface area contributed by atoms with E-state index in [0.717, 1.165) is 12.4 Å². The van der Waals surface area contributed by atoms with Crippen molar-refractivity contribution in [3.8, 4) is 0 Å². The number of hydrogen-bond donors (Lipinski definition) is 3. The molecule has 0 aliphatic heterocycles. The van der Waals surface area contributed by atoms with Crippen molar-refractivity contribution < 1.29 is 13.8 Å². The summed E-state index contributed by atoms with van der Waals surface area (Å²) in [5.41, 5.74) is 13.9. The molecule has 0 aliphatic rings. The summed E-state index contributed by atoms with van der Waals surface area (Å²) in [6, 6.07) is 2.41. The van der Waals surface area contributed by atoms with E-state index in [9.17, 15) is 14.2 Å². The van der Waals surface area contributed by atoms with Gasteiger partial charge in [-0.3, -0.25) is 0 Å². The van der Waals surface area contributed by atoms with Gasteiger partial charge in [-0.25, -0.2) is 19.7 Å². The molecule has 0 radical (unpaired) electrons. The summed E-state index contributed by atoms with van der Waals surface area (Å²) in [6.45, 7) is 0. The summed E-state index contributed by atoms with van der Waals surface area (Å²) in [5.74, 6) is -0.127. The van der Waals surface area contributed by atoms with Crippen LogP contribution in [0.2, 0.25) is 0 Å². The largest absolute Gasteiger partial charge is 0.548 e. The van der Waals surface area contributed by atoms with Crippen molar-refractivity contribution in [2.24, 2.45) is 5.50 Å². The Morgan fingerprint density at radius 2 is 1.33 bits per heavy atom. The third-order valence-electron chi connectivity index (χ3n) is 1.99. The van der Waals surface area contributed by atoms with Crippen LogP contribution in [0.25, 0.3) is 0 Å². The molecule has 2 heterocycles. The highest BCUT2D eigenvalue weighted by Gasteiger charge is 2.25. The van der Waals surface area contributed by atoms with E-state index in [-0.39, 0.29) is 11.6 Å². The molecule has 0 bridgehead atoms. The fourth-order valence-corrected chi connectivity index (χ4v) is 1.96. The monoisotopic (exact) mass is 315 g/mol. The number of anilines is 2. The standard InChI is InChI=1S/C8H10N7O5P/c9-5-1-3-14(7(16)12-5)19-21(11,18)20-15-4-2-6(10)13-8(15)17/h1-4H,(H2,11,18)(H2,9,12,16)(H2,10,13,17). The summed E-state index contributed by atoms with van der Waals surface area (Å²) in [7, 11) is -4.36. The molecular weight excluding hydrogens is 305 g/mol. The minimum atomic E-state index is -4.36. The lowest BCUT2D eigenvalue weighted by Crippen LogP contribution is -2.35. The van der Waals surface area contributed by atoms with Gasteiger partial charge in [-0.05, 0) is 0 Å². The van der Waals surface area contributed by atoms with Crippen LogP contribution in [0.4, 0.5) is 11.6 Å². The van der Waals surface area contributed by atoms with E-state index in [2.05, 4.69) is 19.2 Å². The fourth-order valence-electron chi connectivity index (χ4n) is 1.19. The van der Waals surface area contributed by atoms with Crippen LogP contribution in [0, 0.1) is 0 Å². The highest BCUT2D eigenvalue weighted by atomic mass is 31.2. The summed E-state index contributed by atoms with van der Waals surface area (Å²) in [6.07, 6.45) is 2.08. The number of nitrogen functional groups attached to an aromatic ring is 2. The first-order chi connectivity index (χ1) is 9.77. The van der Waals surface area contributed by atoms with E-state index in [1.54, 1.807) is 0 Å². The van der Waals surface area contributed by atoms with Gasteiger partial charge in [0.05, 0.1) is 12.4 Å². The Kier molecular flexibility index (Phi) is 3.65. The molecule has 0 saturated carbocycles. The lowest BCUT2D eigenvalue weighted by atomic mass is 10.6. The third-order valence-corrected chi connectivity index (χ3v) is 2.80. The van der Waals surface area contributed by atoms with Gasteiger partial charge in [0.1, 0.15) is 11.6 Å². The predicted octanol–water partition coefficient (Wildman–Crippen LogP) is -2.41. The molecule has 12 nitrogen and oxygen atoms in total. The number of hydrogen-bond acceptors (Lipinski definition) is 9. The molecule has 6 N–H and O–H groups in total. The van der Waals surface area contributed by atoms with Crippen LogP contribution < -0.4 is 37.6 Å². The van der Waals surface area contributed by atoms with Gasteiger partial charge < -0.3 is 20.7 Å². The van der Waals surface area contributed by atoms with Crippen molar-refractivity contribution >= 4 is 19.4 Å². The molecule has 0 amide bonds. The summed E-state index contributed by atoms with van der Waals surface area (Å²) < 4.78 is 22.1. The molecule has 2 rings (SSSR count). The molecule has 0 aromatic carbocycles. The normalized spacial score (nSPS) is 11.1. The molecule has 0 unspecified atom stereocenters. The van der Waals surface area contributed by atoms with E-state index in [1.807, 2.05) is 0 Å². The van der Waals surface area contributed by atoms with Gasteiger partial charge in [0.2, 0.25) is 0 Å². The first kappa shape index (κ1) is 14.6. The SMILES string of the molecule is Nc1ccn(OP(N)(=O)On2ccc(N)nc2=O)c(=O)n1. The van der Waals surface area contributed by atoms with Crippen LogP contribution in [-0.4, -0.2) is 19.4 Å². The van der Waals surface area contributed by atoms with E-state index < -0.39 is 19.1 Å². The second-order valence-electron chi connectivity index (χ2n) is 3.62. The summed E-state index contributed by atoms with van der Waals surface area (Å²) in [4.78, 5) is 29.4. The predicted molar refractivity (Wildman–Crippen MR) is 70.8 cm³/mol. The van der Waals surface area contributed by atoms with Crippen molar-refractivity contribution in [1.29, 1.82) is 0 Å². The molecule has 13 heteroatoms. The fraction of sp³-hybridized carbons (Fsp3) is 0. The second-order valence-corrected chi connectivity index (χ2v) is 5.03.